The Morgan fingerprint density at radius 3 is 2.37 bits per heavy atom. The van der Waals surface area contributed by atoms with Gasteiger partial charge in [0.1, 0.15) is 5.82 Å². The van der Waals surface area contributed by atoms with Crippen LogP contribution in [-0.2, 0) is 14.8 Å². The van der Waals surface area contributed by atoms with Crippen LogP contribution in [0.1, 0.15) is 0 Å². The number of fused-ring (bicyclic) bond motifs is 1. The largest absolute Gasteiger partial charge is 0.376 e. The van der Waals surface area contributed by atoms with Crippen LogP contribution >= 0.6 is 0 Å². The van der Waals surface area contributed by atoms with Gasteiger partial charge >= 0.3 is 0 Å². The number of nitrogens with zero attached hydrogens (tertiary/aromatic N) is 2. The zero-order valence-electron chi connectivity index (χ0n) is 16.3. The molecule has 0 atom stereocenters. The Kier molecular flexibility index (Phi) is 5.69. The van der Waals surface area contributed by atoms with E-state index in [0.717, 1.165) is 10.8 Å². The van der Waals surface area contributed by atoms with Crippen molar-refractivity contribution in [2.45, 2.75) is 4.90 Å². The van der Waals surface area contributed by atoms with Crippen molar-refractivity contribution in [1.82, 2.24) is 9.21 Å². The third-order valence-corrected chi connectivity index (χ3v) is 7.11. The lowest BCUT2D eigenvalue weighted by atomic mass is 10.1. The number of hydrogen-bond acceptors (Lipinski definition) is 4. The predicted molar refractivity (Wildman–Crippen MR) is 114 cm³/mol. The van der Waals surface area contributed by atoms with Crippen molar-refractivity contribution in [3.63, 3.8) is 0 Å². The Balaban J connectivity index is 1.37. The summed E-state index contributed by atoms with van der Waals surface area (Å²) in [7, 11) is -3.62. The predicted octanol–water partition coefficient (Wildman–Crippen LogP) is 2.92. The molecule has 0 radical (unpaired) electrons. The van der Waals surface area contributed by atoms with Crippen LogP contribution in [0.5, 0.6) is 0 Å². The van der Waals surface area contributed by atoms with E-state index in [1.807, 2.05) is 24.3 Å². The number of nitrogens with one attached hydrogen (secondary N) is 1. The van der Waals surface area contributed by atoms with Gasteiger partial charge in [-0.1, -0.05) is 36.4 Å². The minimum atomic E-state index is -3.62. The SMILES string of the molecule is O=C(CNc1cccc(F)c1)N1CCN(S(=O)(=O)c2ccc3ccccc3c2)CC1. The molecule has 1 aliphatic heterocycles. The number of amides is 1. The van der Waals surface area contributed by atoms with Crippen molar-refractivity contribution < 1.29 is 17.6 Å². The van der Waals surface area contributed by atoms with Crippen LogP contribution in [0.4, 0.5) is 10.1 Å². The van der Waals surface area contributed by atoms with Gasteiger partial charge in [-0.2, -0.15) is 4.31 Å². The van der Waals surface area contributed by atoms with Crippen molar-refractivity contribution >= 4 is 32.4 Å². The fourth-order valence-corrected chi connectivity index (χ4v) is 5.00. The minimum Gasteiger partial charge on any atom is -0.376 e. The molecule has 1 heterocycles. The number of hydrogen-bond donors (Lipinski definition) is 1. The molecule has 0 spiro atoms. The number of sulfonamides is 1. The molecule has 1 saturated heterocycles. The highest BCUT2D eigenvalue weighted by atomic mass is 32.2. The molecule has 1 aliphatic rings. The third kappa shape index (κ3) is 4.29. The van der Waals surface area contributed by atoms with E-state index < -0.39 is 10.0 Å². The summed E-state index contributed by atoms with van der Waals surface area (Å²) in [5, 5.41) is 4.76. The lowest BCUT2D eigenvalue weighted by Gasteiger charge is -2.34. The van der Waals surface area contributed by atoms with E-state index in [1.165, 1.54) is 16.4 Å². The molecule has 8 heteroatoms. The summed E-state index contributed by atoms with van der Waals surface area (Å²) in [6.45, 7) is 1.13. The van der Waals surface area contributed by atoms with Gasteiger partial charge in [0.15, 0.2) is 0 Å². The maximum absolute atomic E-state index is 13.2. The minimum absolute atomic E-state index is 0.0286. The van der Waals surface area contributed by atoms with Gasteiger partial charge in [-0.15, -0.1) is 0 Å². The van der Waals surface area contributed by atoms with Crippen molar-refractivity contribution in [2.75, 3.05) is 38.0 Å². The van der Waals surface area contributed by atoms with E-state index in [0.29, 0.717) is 18.8 Å². The molecule has 30 heavy (non-hydrogen) atoms. The second-order valence-corrected chi connectivity index (χ2v) is 9.10. The Labute approximate surface area is 175 Å². The molecule has 0 saturated carbocycles. The summed E-state index contributed by atoms with van der Waals surface area (Å²) in [4.78, 5) is 14.3. The normalized spacial score (nSPS) is 15.3. The molecule has 4 rings (SSSR count). The molecule has 0 bridgehead atoms. The maximum Gasteiger partial charge on any atom is 0.243 e. The van der Waals surface area contributed by atoms with E-state index in [9.17, 15) is 17.6 Å². The fraction of sp³-hybridized carbons (Fsp3) is 0.227. The quantitative estimate of drug-likeness (QED) is 0.680. The number of halogens is 1. The molecule has 1 N–H and O–H groups in total. The highest BCUT2D eigenvalue weighted by molar-refractivity contribution is 7.89. The summed E-state index contributed by atoms with van der Waals surface area (Å²) in [5.74, 6) is -0.526. The van der Waals surface area contributed by atoms with Crippen LogP contribution in [-0.4, -0.2) is 56.3 Å². The van der Waals surface area contributed by atoms with Crippen molar-refractivity contribution in [2.24, 2.45) is 0 Å². The van der Waals surface area contributed by atoms with E-state index in [1.54, 1.807) is 35.2 Å². The Hall–Kier alpha value is -2.97. The van der Waals surface area contributed by atoms with Gasteiger partial charge in [-0.3, -0.25) is 4.79 Å². The van der Waals surface area contributed by atoms with Gasteiger partial charge in [0.25, 0.3) is 0 Å². The molecule has 3 aromatic carbocycles. The average molecular weight is 428 g/mol. The zero-order chi connectivity index (χ0) is 21.1. The van der Waals surface area contributed by atoms with E-state index in [2.05, 4.69) is 5.32 Å². The summed E-state index contributed by atoms with van der Waals surface area (Å²) in [6, 6.07) is 18.6. The second-order valence-electron chi connectivity index (χ2n) is 7.16. The lowest BCUT2D eigenvalue weighted by Crippen LogP contribution is -2.51. The first-order valence-electron chi connectivity index (χ1n) is 9.70. The maximum atomic E-state index is 13.2. The van der Waals surface area contributed by atoms with Crippen molar-refractivity contribution in [3.8, 4) is 0 Å². The van der Waals surface area contributed by atoms with Crippen molar-refractivity contribution in [3.05, 3.63) is 72.5 Å². The van der Waals surface area contributed by atoms with E-state index in [-0.39, 0.29) is 36.3 Å². The molecule has 3 aromatic rings. The highest BCUT2D eigenvalue weighted by Gasteiger charge is 2.30. The van der Waals surface area contributed by atoms with Gasteiger partial charge in [-0.05, 0) is 41.1 Å². The third-order valence-electron chi connectivity index (χ3n) is 5.22. The van der Waals surface area contributed by atoms with Crippen LogP contribution < -0.4 is 5.32 Å². The van der Waals surface area contributed by atoms with E-state index >= 15 is 0 Å². The number of anilines is 1. The van der Waals surface area contributed by atoms with Gasteiger partial charge in [0, 0.05) is 31.9 Å². The van der Waals surface area contributed by atoms with Crippen LogP contribution in [0.25, 0.3) is 10.8 Å². The molecule has 0 aliphatic carbocycles. The zero-order valence-corrected chi connectivity index (χ0v) is 17.1. The monoisotopic (exact) mass is 427 g/mol. The molecule has 6 nitrogen and oxygen atoms in total. The first-order chi connectivity index (χ1) is 14.4. The average Bonchev–Trinajstić information content (AvgIpc) is 2.77. The summed E-state index contributed by atoms with van der Waals surface area (Å²) in [6.07, 6.45) is 0. The number of carbonyl (C=O) groups is 1. The number of benzene rings is 3. The van der Waals surface area contributed by atoms with E-state index in [4.69, 9.17) is 0 Å². The highest BCUT2D eigenvalue weighted by Crippen LogP contribution is 2.23. The molecule has 0 aromatic heterocycles. The molecule has 1 amide bonds. The standard InChI is InChI=1S/C22H22FN3O3S/c23-19-6-3-7-20(15-19)24-16-22(27)25-10-12-26(13-11-25)30(28,29)21-9-8-17-4-1-2-5-18(17)14-21/h1-9,14-15,24H,10-13,16H2. The lowest BCUT2D eigenvalue weighted by molar-refractivity contribution is -0.130. The van der Waals surface area contributed by atoms with Crippen LogP contribution in [0, 0.1) is 5.82 Å². The number of rotatable bonds is 5. The number of carbonyl (C=O) groups excluding carboxylic acids is 1. The molecule has 156 valence electrons. The Morgan fingerprint density at radius 1 is 0.900 bits per heavy atom. The Morgan fingerprint density at radius 2 is 1.63 bits per heavy atom. The van der Waals surface area contributed by atoms with Crippen LogP contribution in [0.15, 0.2) is 71.6 Å². The van der Waals surface area contributed by atoms with Crippen LogP contribution in [0.2, 0.25) is 0 Å². The molecular weight excluding hydrogens is 405 g/mol. The van der Waals surface area contributed by atoms with Gasteiger partial charge < -0.3 is 10.2 Å². The van der Waals surface area contributed by atoms with Gasteiger partial charge in [0.2, 0.25) is 15.9 Å². The van der Waals surface area contributed by atoms with Crippen LogP contribution in [0.3, 0.4) is 0 Å². The summed E-state index contributed by atoms with van der Waals surface area (Å²) in [5.41, 5.74) is 0.529. The van der Waals surface area contributed by atoms with Gasteiger partial charge in [0.05, 0.1) is 11.4 Å². The number of piperazine rings is 1. The molecule has 1 fully saturated rings. The summed E-state index contributed by atoms with van der Waals surface area (Å²) < 4.78 is 40.7. The molecule has 0 unspecified atom stereocenters. The second kappa shape index (κ2) is 8.41. The Bertz CT molecular complexity index is 1170. The topological polar surface area (TPSA) is 69.7 Å². The summed E-state index contributed by atoms with van der Waals surface area (Å²) >= 11 is 0. The first kappa shape index (κ1) is 20.3. The fourth-order valence-electron chi connectivity index (χ4n) is 3.54. The van der Waals surface area contributed by atoms with Crippen molar-refractivity contribution in [1.29, 1.82) is 0 Å². The van der Waals surface area contributed by atoms with Gasteiger partial charge in [-0.25, -0.2) is 12.8 Å². The smallest absolute Gasteiger partial charge is 0.243 e. The first-order valence-corrected chi connectivity index (χ1v) is 11.1. The molecular formula is C22H22FN3O3S.